The molecule has 2 unspecified atom stereocenters. The van der Waals surface area contributed by atoms with E-state index in [1.807, 2.05) is 0 Å². The average Bonchev–Trinajstić information content (AvgIpc) is 2.56. The molecule has 2 nitrogen and oxygen atoms in total. The highest BCUT2D eigenvalue weighted by Crippen LogP contribution is 2.28. The highest BCUT2D eigenvalue weighted by Gasteiger charge is 2.31. The molecule has 1 aliphatic carbocycles. The molecule has 20 heavy (non-hydrogen) atoms. The first kappa shape index (κ1) is 15.2. The summed E-state index contributed by atoms with van der Waals surface area (Å²) in [6.45, 7) is 0. The zero-order chi connectivity index (χ0) is 14.6. The molecule has 0 heterocycles. The van der Waals surface area contributed by atoms with Gasteiger partial charge in [-0.1, -0.05) is 31.4 Å². The fourth-order valence-electron chi connectivity index (χ4n) is 2.73. The Bertz CT molecular complexity index is 414. The van der Waals surface area contributed by atoms with E-state index in [9.17, 15) is 18.3 Å². The highest BCUT2D eigenvalue weighted by atomic mass is 19.4. The average molecular weight is 288 g/mol. The van der Waals surface area contributed by atoms with Crippen molar-refractivity contribution < 1.29 is 23.0 Å². The van der Waals surface area contributed by atoms with Crippen LogP contribution in [0.25, 0.3) is 0 Å². The summed E-state index contributed by atoms with van der Waals surface area (Å²) in [6, 6.07) is 5.93. The van der Waals surface area contributed by atoms with E-state index in [0.29, 0.717) is 6.42 Å². The van der Waals surface area contributed by atoms with Crippen LogP contribution in [0.4, 0.5) is 13.2 Å². The topological polar surface area (TPSA) is 29.5 Å². The molecule has 0 spiro atoms. The molecule has 1 fully saturated rings. The summed E-state index contributed by atoms with van der Waals surface area (Å²) in [5, 5.41) is 10.0. The van der Waals surface area contributed by atoms with Gasteiger partial charge in [-0.05, 0) is 42.9 Å². The zero-order valence-corrected chi connectivity index (χ0v) is 11.2. The van der Waals surface area contributed by atoms with Gasteiger partial charge in [-0.25, -0.2) is 0 Å². The van der Waals surface area contributed by atoms with E-state index in [1.165, 1.54) is 12.1 Å². The SMILES string of the molecule is OC1CCCCCC1Cc1ccc(OC(F)(F)F)cc1. The lowest BCUT2D eigenvalue weighted by Crippen LogP contribution is -2.21. The van der Waals surface area contributed by atoms with Crippen molar-refractivity contribution in [1.29, 1.82) is 0 Å². The molecule has 1 aromatic carbocycles. The molecule has 1 N–H and O–H groups in total. The largest absolute Gasteiger partial charge is 0.573 e. The third-order valence-corrected chi connectivity index (χ3v) is 3.77. The maximum absolute atomic E-state index is 12.1. The Morgan fingerprint density at radius 3 is 2.35 bits per heavy atom. The number of rotatable bonds is 3. The molecule has 1 aromatic rings. The Morgan fingerprint density at radius 2 is 1.70 bits per heavy atom. The van der Waals surface area contributed by atoms with Crippen molar-refractivity contribution in [2.75, 3.05) is 0 Å². The molecule has 0 saturated heterocycles. The molecule has 5 heteroatoms. The van der Waals surface area contributed by atoms with Crippen LogP contribution in [0.1, 0.15) is 37.7 Å². The van der Waals surface area contributed by atoms with Crippen molar-refractivity contribution in [3.05, 3.63) is 29.8 Å². The standard InChI is InChI=1S/C15H19F3O2/c16-15(17,18)20-13-8-6-11(7-9-13)10-12-4-2-1-3-5-14(12)19/h6-9,12,14,19H,1-5,10H2. The first-order chi connectivity index (χ1) is 9.44. The minimum absolute atomic E-state index is 0.201. The Kier molecular flexibility index (Phi) is 4.91. The van der Waals surface area contributed by atoms with Crippen LogP contribution in [0.15, 0.2) is 24.3 Å². The van der Waals surface area contributed by atoms with Crippen molar-refractivity contribution in [2.24, 2.45) is 5.92 Å². The molecule has 0 radical (unpaired) electrons. The van der Waals surface area contributed by atoms with Gasteiger partial charge in [0.25, 0.3) is 0 Å². The quantitative estimate of drug-likeness (QED) is 0.850. The van der Waals surface area contributed by atoms with Gasteiger partial charge in [-0.15, -0.1) is 13.2 Å². The number of hydrogen-bond acceptors (Lipinski definition) is 2. The van der Waals surface area contributed by atoms with Gasteiger partial charge < -0.3 is 9.84 Å². The van der Waals surface area contributed by atoms with Gasteiger partial charge in [0.2, 0.25) is 0 Å². The highest BCUT2D eigenvalue weighted by molar-refractivity contribution is 5.27. The number of halogens is 3. The van der Waals surface area contributed by atoms with Crippen molar-refractivity contribution in [1.82, 2.24) is 0 Å². The van der Waals surface area contributed by atoms with E-state index in [2.05, 4.69) is 4.74 Å². The number of alkyl halides is 3. The minimum atomic E-state index is -4.65. The maximum Gasteiger partial charge on any atom is 0.573 e. The second-order valence-electron chi connectivity index (χ2n) is 5.36. The van der Waals surface area contributed by atoms with Crippen molar-refractivity contribution in [2.45, 2.75) is 51.0 Å². The summed E-state index contributed by atoms with van der Waals surface area (Å²) in [7, 11) is 0. The van der Waals surface area contributed by atoms with Crippen LogP contribution in [0.3, 0.4) is 0 Å². The predicted octanol–water partition coefficient (Wildman–Crippen LogP) is 4.07. The Morgan fingerprint density at radius 1 is 1.05 bits per heavy atom. The molecule has 2 atom stereocenters. The number of ether oxygens (including phenoxy) is 1. The van der Waals surface area contributed by atoms with E-state index in [1.54, 1.807) is 12.1 Å². The van der Waals surface area contributed by atoms with E-state index in [0.717, 1.165) is 37.7 Å². The lowest BCUT2D eigenvalue weighted by atomic mass is 9.90. The van der Waals surface area contributed by atoms with Crippen molar-refractivity contribution in [3.8, 4) is 5.75 Å². The summed E-state index contributed by atoms with van der Waals surface area (Å²) in [6.07, 6.45) is 0.844. The Labute approximate surface area is 116 Å². The molecule has 0 aromatic heterocycles. The number of hydrogen-bond donors (Lipinski definition) is 1. The molecule has 0 bridgehead atoms. The van der Waals surface area contributed by atoms with Gasteiger partial charge in [0, 0.05) is 0 Å². The third kappa shape index (κ3) is 4.71. The van der Waals surface area contributed by atoms with Crippen LogP contribution < -0.4 is 4.74 Å². The van der Waals surface area contributed by atoms with Gasteiger partial charge >= 0.3 is 6.36 Å². The van der Waals surface area contributed by atoms with Crippen LogP contribution in [-0.4, -0.2) is 17.6 Å². The van der Waals surface area contributed by atoms with Gasteiger partial charge in [-0.2, -0.15) is 0 Å². The minimum Gasteiger partial charge on any atom is -0.406 e. The first-order valence-electron chi connectivity index (χ1n) is 6.97. The van der Waals surface area contributed by atoms with Gasteiger partial charge in [-0.3, -0.25) is 0 Å². The van der Waals surface area contributed by atoms with Gasteiger partial charge in [0.05, 0.1) is 6.10 Å². The summed E-state index contributed by atoms with van der Waals surface area (Å²) in [5.74, 6) is -0.00505. The zero-order valence-electron chi connectivity index (χ0n) is 11.2. The van der Waals surface area contributed by atoms with E-state index >= 15 is 0 Å². The second-order valence-corrected chi connectivity index (χ2v) is 5.36. The van der Waals surface area contributed by atoms with Crippen LogP contribution >= 0.6 is 0 Å². The van der Waals surface area contributed by atoms with E-state index in [-0.39, 0.29) is 17.8 Å². The fourth-order valence-corrected chi connectivity index (χ4v) is 2.73. The summed E-state index contributed by atoms with van der Waals surface area (Å²) in [5.41, 5.74) is 0.936. The van der Waals surface area contributed by atoms with Crippen molar-refractivity contribution >= 4 is 0 Å². The fraction of sp³-hybridized carbons (Fsp3) is 0.600. The maximum atomic E-state index is 12.1. The van der Waals surface area contributed by atoms with Crippen LogP contribution in [0.5, 0.6) is 5.75 Å². The molecule has 0 aliphatic heterocycles. The second kappa shape index (κ2) is 6.48. The number of aliphatic hydroxyl groups excluding tert-OH is 1. The molecule has 0 amide bonds. The van der Waals surface area contributed by atoms with E-state index in [4.69, 9.17) is 0 Å². The van der Waals surface area contributed by atoms with E-state index < -0.39 is 6.36 Å². The first-order valence-corrected chi connectivity index (χ1v) is 6.97. The molecule has 2 rings (SSSR count). The van der Waals surface area contributed by atoms with Crippen LogP contribution in [-0.2, 0) is 6.42 Å². The van der Waals surface area contributed by atoms with Gasteiger partial charge in [0.1, 0.15) is 5.75 Å². The Balaban J connectivity index is 1.96. The lowest BCUT2D eigenvalue weighted by Gasteiger charge is -2.20. The molecule has 112 valence electrons. The predicted molar refractivity (Wildman–Crippen MR) is 69.4 cm³/mol. The summed E-state index contributed by atoms with van der Waals surface area (Å²) < 4.78 is 40.0. The molecular weight excluding hydrogens is 269 g/mol. The van der Waals surface area contributed by atoms with Gasteiger partial charge in [0.15, 0.2) is 0 Å². The summed E-state index contributed by atoms with van der Waals surface area (Å²) in [4.78, 5) is 0. The molecule has 1 saturated carbocycles. The van der Waals surface area contributed by atoms with Crippen LogP contribution in [0.2, 0.25) is 0 Å². The normalized spacial score (nSPS) is 24.2. The summed E-state index contributed by atoms with van der Waals surface area (Å²) >= 11 is 0. The molecule has 1 aliphatic rings. The molecular formula is C15H19F3O2. The number of aliphatic hydroxyl groups is 1. The van der Waals surface area contributed by atoms with Crippen molar-refractivity contribution in [3.63, 3.8) is 0 Å². The monoisotopic (exact) mass is 288 g/mol. The third-order valence-electron chi connectivity index (χ3n) is 3.77. The Hall–Kier alpha value is -1.23. The smallest absolute Gasteiger partial charge is 0.406 e. The van der Waals surface area contributed by atoms with Crippen LogP contribution in [0, 0.1) is 5.92 Å². The lowest BCUT2D eigenvalue weighted by molar-refractivity contribution is -0.274. The number of benzene rings is 1.